The van der Waals surface area contributed by atoms with Gasteiger partial charge < -0.3 is 11.1 Å². The highest BCUT2D eigenvalue weighted by atomic mass is 16.1. The molecule has 2 heterocycles. The Morgan fingerprint density at radius 1 is 1.67 bits per heavy atom. The number of aromatic nitrogens is 2. The lowest BCUT2D eigenvalue weighted by molar-refractivity contribution is 0.0991. The van der Waals surface area contributed by atoms with E-state index in [-0.39, 0.29) is 6.04 Å². The first-order valence-electron chi connectivity index (χ1n) is 5.25. The number of hydrogen-bond donors (Lipinski definition) is 2. The van der Waals surface area contributed by atoms with E-state index < -0.39 is 5.91 Å². The quantitative estimate of drug-likeness (QED) is 0.735. The van der Waals surface area contributed by atoms with Crippen LogP contribution in [-0.2, 0) is 7.05 Å². The zero-order valence-electron chi connectivity index (χ0n) is 8.86. The molecule has 2 rings (SSSR count). The van der Waals surface area contributed by atoms with Crippen molar-refractivity contribution in [1.82, 2.24) is 15.1 Å². The van der Waals surface area contributed by atoms with Crippen molar-refractivity contribution < 1.29 is 4.79 Å². The number of nitrogens with two attached hydrogens (primary N) is 1. The number of nitrogens with zero attached hydrogens (tertiary/aromatic N) is 2. The van der Waals surface area contributed by atoms with E-state index >= 15 is 0 Å². The van der Waals surface area contributed by atoms with Crippen LogP contribution in [0.1, 0.15) is 41.5 Å². The predicted molar refractivity (Wildman–Crippen MR) is 56.3 cm³/mol. The Morgan fingerprint density at radius 3 is 3.00 bits per heavy atom. The zero-order valence-corrected chi connectivity index (χ0v) is 8.86. The van der Waals surface area contributed by atoms with Crippen molar-refractivity contribution in [3.05, 3.63) is 17.5 Å². The summed E-state index contributed by atoms with van der Waals surface area (Å²) in [5.74, 6) is -0.424. The summed E-state index contributed by atoms with van der Waals surface area (Å²) >= 11 is 0. The molecule has 0 aromatic carbocycles. The first-order valence-corrected chi connectivity index (χ1v) is 5.25. The van der Waals surface area contributed by atoms with Gasteiger partial charge in [0.25, 0.3) is 5.91 Å². The summed E-state index contributed by atoms with van der Waals surface area (Å²) in [5, 5.41) is 7.70. The van der Waals surface area contributed by atoms with Crippen molar-refractivity contribution in [2.75, 3.05) is 6.54 Å². The predicted octanol–water partition coefficient (Wildman–Crippen LogP) is 0.334. The van der Waals surface area contributed by atoms with Gasteiger partial charge in [0.2, 0.25) is 0 Å². The third-order valence-electron chi connectivity index (χ3n) is 2.82. The van der Waals surface area contributed by atoms with Crippen molar-refractivity contribution in [3.63, 3.8) is 0 Å². The van der Waals surface area contributed by atoms with Crippen molar-refractivity contribution in [1.29, 1.82) is 0 Å². The van der Waals surface area contributed by atoms with Crippen LogP contribution in [0.3, 0.4) is 0 Å². The van der Waals surface area contributed by atoms with E-state index in [1.807, 2.05) is 0 Å². The molecule has 0 aliphatic carbocycles. The van der Waals surface area contributed by atoms with Gasteiger partial charge in [-0.15, -0.1) is 0 Å². The molecule has 0 saturated carbocycles. The molecule has 0 spiro atoms. The number of carbonyl (C=O) groups is 1. The summed E-state index contributed by atoms with van der Waals surface area (Å²) in [4.78, 5) is 11.1. The van der Waals surface area contributed by atoms with Gasteiger partial charge in [-0.2, -0.15) is 5.10 Å². The fourth-order valence-corrected chi connectivity index (χ4v) is 1.99. The van der Waals surface area contributed by atoms with E-state index in [4.69, 9.17) is 5.73 Å². The molecule has 0 unspecified atom stereocenters. The smallest absolute Gasteiger partial charge is 0.266 e. The summed E-state index contributed by atoms with van der Waals surface area (Å²) in [6, 6.07) is 2.06. The Labute approximate surface area is 88.6 Å². The molecule has 5 heteroatoms. The lowest BCUT2D eigenvalue weighted by Crippen LogP contribution is -2.27. The van der Waals surface area contributed by atoms with Crippen molar-refractivity contribution >= 4 is 5.91 Å². The molecule has 1 fully saturated rings. The van der Waals surface area contributed by atoms with E-state index in [1.54, 1.807) is 17.8 Å². The maximum Gasteiger partial charge on any atom is 0.266 e. The molecule has 82 valence electrons. The Hall–Kier alpha value is -1.36. The van der Waals surface area contributed by atoms with Gasteiger partial charge in [-0.1, -0.05) is 6.42 Å². The fourth-order valence-electron chi connectivity index (χ4n) is 1.99. The number of carbonyl (C=O) groups excluding carboxylic acids is 1. The van der Waals surface area contributed by atoms with Crippen molar-refractivity contribution in [3.8, 4) is 0 Å². The van der Waals surface area contributed by atoms with Crippen molar-refractivity contribution in [2.24, 2.45) is 12.8 Å². The average molecular weight is 208 g/mol. The van der Waals surface area contributed by atoms with Gasteiger partial charge in [-0.05, 0) is 25.5 Å². The molecule has 15 heavy (non-hydrogen) atoms. The molecule has 5 nitrogen and oxygen atoms in total. The molecule has 3 N–H and O–H groups in total. The van der Waals surface area contributed by atoms with Crippen LogP contribution in [0.2, 0.25) is 0 Å². The van der Waals surface area contributed by atoms with Crippen LogP contribution in [0.5, 0.6) is 0 Å². The normalized spacial score (nSPS) is 21.5. The Bertz CT molecular complexity index is 365. The van der Waals surface area contributed by atoms with Gasteiger partial charge in [-0.3, -0.25) is 9.48 Å². The van der Waals surface area contributed by atoms with E-state index in [9.17, 15) is 4.79 Å². The monoisotopic (exact) mass is 208 g/mol. The van der Waals surface area contributed by atoms with E-state index in [0.717, 1.165) is 18.7 Å². The summed E-state index contributed by atoms with van der Waals surface area (Å²) in [6.07, 6.45) is 3.50. The fraction of sp³-hybridized carbons (Fsp3) is 0.600. The Morgan fingerprint density at radius 2 is 2.47 bits per heavy atom. The minimum atomic E-state index is -0.424. The SMILES string of the molecule is Cn1nc([C@@H]2CCCCN2)cc1C(N)=O. The summed E-state index contributed by atoms with van der Waals surface area (Å²) in [5.41, 5.74) is 6.63. The highest BCUT2D eigenvalue weighted by molar-refractivity contribution is 5.91. The van der Waals surface area contributed by atoms with E-state index in [2.05, 4.69) is 10.4 Å². The molecule has 1 aromatic rings. The van der Waals surface area contributed by atoms with Crippen LogP contribution in [0, 0.1) is 0 Å². The van der Waals surface area contributed by atoms with Crippen LogP contribution in [-0.4, -0.2) is 22.2 Å². The van der Waals surface area contributed by atoms with Gasteiger partial charge in [-0.25, -0.2) is 0 Å². The van der Waals surface area contributed by atoms with Gasteiger partial charge in [0, 0.05) is 7.05 Å². The third-order valence-corrected chi connectivity index (χ3v) is 2.82. The standard InChI is InChI=1S/C10H16N4O/c1-14-9(10(11)15)6-8(13-14)7-4-2-3-5-12-7/h6-7,12H,2-5H2,1H3,(H2,11,15)/t7-/m0/s1. The number of amides is 1. The number of piperidine rings is 1. The molecule has 1 atom stereocenters. The second-order valence-electron chi connectivity index (χ2n) is 3.94. The Kier molecular flexibility index (Phi) is 2.73. The second-order valence-corrected chi connectivity index (χ2v) is 3.94. The van der Waals surface area contributed by atoms with Gasteiger partial charge in [0.15, 0.2) is 0 Å². The van der Waals surface area contributed by atoms with Gasteiger partial charge in [0.05, 0.1) is 11.7 Å². The van der Waals surface area contributed by atoms with Gasteiger partial charge in [0.1, 0.15) is 5.69 Å². The lowest BCUT2D eigenvalue weighted by Gasteiger charge is -2.21. The number of rotatable bonds is 2. The molecule has 1 aliphatic rings. The van der Waals surface area contributed by atoms with Crippen LogP contribution < -0.4 is 11.1 Å². The van der Waals surface area contributed by atoms with Crippen LogP contribution in [0.25, 0.3) is 0 Å². The first-order chi connectivity index (χ1) is 7.18. The maximum absolute atomic E-state index is 11.1. The Balaban J connectivity index is 2.21. The molecule has 1 aliphatic heterocycles. The van der Waals surface area contributed by atoms with E-state index in [0.29, 0.717) is 5.69 Å². The highest BCUT2D eigenvalue weighted by Crippen LogP contribution is 2.22. The number of aryl methyl sites for hydroxylation is 1. The van der Waals surface area contributed by atoms with Gasteiger partial charge >= 0.3 is 0 Å². The minimum absolute atomic E-state index is 0.276. The summed E-state index contributed by atoms with van der Waals surface area (Å²) in [7, 11) is 1.74. The molecular formula is C10H16N4O. The molecule has 0 radical (unpaired) electrons. The summed E-state index contributed by atoms with van der Waals surface area (Å²) in [6.45, 7) is 1.02. The van der Waals surface area contributed by atoms with Crippen LogP contribution >= 0.6 is 0 Å². The van der Waals surface area contributed by atoms with Crippen LogP contribution in [0.15, 0.2) is 6.07 Å². The minimum Gasteiger partial charge on any atom is -0.364 e. The molecular weight excluding hydrogens is 192 g/mol. The molecule has 0 bridgehead atoms. The number of nitrogens with one attached hydrogen (secondary N) is 1. The number of primary amides is 1. The summed E-state index contributed by atoms with van der Waals surface area (Å²) < 4.78 is 1.55. The second kappa shape index (κ2) is 4.02. The first kappa shape index (κ1) is 10.2. The number of hydrogen-bond acceptors (Lipinski definition) is 3. The lowest BCUT2D eigenvalue weighted by atomic mass is 10.0. The van der Waals surface area contributed by atoms with Crippen LogP contribution in [0.4, 0.5) is 0 Å². The molecule has 1 amide bonds. The third kappa shape index (κ3) is 2.02. The average Bonchev–Trinajstić information content (AvgIpc) is 2.62. The topological polar surface area (TPSA) is 72.9 Å². The molecule has 1 saturated heterocycles. The van der Waals surface area contributed by atoms with E-state index in [1.165, 1.54) is 12.8 Å². The molecule has 1 aromatic heterocycles. The van der Waals surface area contributed by atoms with Crippen molar-refractivity contribution in [2.45, 2.75) is 25.3 Å². The largest absolute Gasteiger partial charge is 0.364 e. The highest BCUT2D eigenvalue weighted by Gasteiger charge is 2.19. The zero-order chi connectivity index (χ0) is 10.8. The maximum atomic E-state index is 11.1.